The lowest BCUT2D eigenvalue weighted by Gasteiger charge is -2.21. The van der Waals surface area contributed by atoms with Crippen LogP contribution >= 0.6 is 27.3 Å². The van der Waals surface area contributed by atoms with Crippen LogP contribution in [0.2, 0.25) is 0 Å². The van der Waals surface area contributed by atoms with Crippen molar-refractivity contribution in [3.05, 3.63) is 32.4 Å². The van der Waals surface area contributed by atoms with Crippen molar-refractivity contribution in [2.45, 2.75) is 51.5 Å². The molecule has 0 spiro atoms. The van der Waals surface area contributed by atoms with Gasteiger partial charge in [0.2, 0.25) is 0 Å². The molecule has 0 radical (unpaired) electrons. The van der Waals surface area contributed by atoms with Crippen LogP contribution in [-0.2, 0) is 0 Å². The summed E-state index contributed by atoms with van der Waals surface area (Å²) in [5.74, 6) is 0. The van der Waals surface area contributed by atoms with E-state index in [1.807, 2.05) is 11.3 Å². The number of allylic oxidation sites excluding steroid dienone is 1. The van der Waals surface area contributed by atoms with Crippen LogP contribution in [0, 0.1) is 0 Å². The van der Waals surface area contributed by atoms with Crippen LogP contribution in [0.4, 0.5) is 0 Å². The first-order valence-corrected chi connectivity index (χ1v) is 8.65. The van der Waals surface area contributed by atoms with Gasteiger partial charge in [0, 0.05) is 9.35 Å². The predicted octanol–water partition coefficient (Wildman–Crippen LogP) is 5.44. The Bertz CT molecular complexity index is 397. The summed E-state index contributed by atoms with van der Waals surface area (Å²) in [6, 6.07) is 2.59. The molecule has 3 heteroatoms. The summed E-state index contributed by atoms with van der Waals surface area (Å²) in [5.41, 5.74) is 1.60. The van der Waals surface area contributed by atoms with Gasteiger partial charge in [-0.25, -0.2) is 0 Å². The fourth-order valence-corrected chi connectivity index (χ4v) is 4.21. The van der Waals surface area contributed by atoms with Gasteiger partial charge in [-0.1, -0.05) is 25.0 Å². The van der Waals surface area contributed by atoms with Crippen molar-refractivity contribution in [1.29, 1.82) is 0 Å². The van der Waals surface area contributed by atoms with E-state index in [4.69, 9.17) is 0 Å². The molecule has 1 N–H and O–H groups in total. The second-order valence-corrected chi connectivity index (χ2v) is 6.70. The largest absolute Gasteiger partial charge is 0.306 e. The second kappa shape index (κ2) is 7.46. The lowest BCUT2D eigenvalue weighted by atomic mass is 10.0. The summed E-state index contributed by atoms with van der Waals surface area (Å²) in [5, 5.41) is 5.90. The first-order chi connectivity index (χ1) is 8.83. The second-order valence-electron chi connectivity index (χ2n) is 4.90. The standard InChI is InChI=1S/C15H22BrNS/c1-2-10-17-14(15-13(16)9-11-18-15)12-7-5-3-4-6-8-12/h7,9,11,14,17H,2-6,8,10H2,1H3. The Hall–Kier alpha value is -0.120. The fourth-order valence-electron chi connectivity index (χ4n) is 2.49. The maximum Gasteiger partial charge on any atom is 0.0641 e. The first-order valence-electron chi connectivity index (χ1n) is 6.98. The van der Waals surface area contributed by atoms with Gasteiger partial charge in [-0.05, 0) is 66.0 Å². The SMILES string of the molecule is CCCNC(C1=CCCCCC1)c1sccc1Br. The highest BCUT2D eigenvalue weighted by Crippen LogP contribution is 2.36. The van der Waals surface area contributed by atoms with E-state index in [0.29, 0.717) is 6.04 Å². The zero-order valence-electron chi connectivity index (χ0n) is 11.0. The van der Waals surface area contributed by atoms with Gasteiger partial charge in [-0.2, -0.15) is 0 Å². The number of halogens is 1. The van der Waals surface area contributed by atoms with Gasteiger partial charge in [-0.3, -0.25) is 0 Å². The molecule has 1 aromatic rings. The summed E-state index contributed by atoms with van der Waals surface area (Å²) in [6.45, 7) is 3.32. The quantitative estimate of drug-likeness (QED) is 0.710. The molecular weight excluding hydrogens is 306 g/mol. The number of hydrogen-bond acceptors (Lipinski definition) is 2. The summed E-state index contributed by atoms with van der Waals surface area (Å²) in [6.07, 6.45) is 10.3. The minimum Gasteiger partial charge on any atom is -0.306 e. The molecule has 1 nitrogen and oxygen atoms in total. The highest BCUT2D eigenvalue weighted by atomic mass is 79.9. The van der Waals surface area contributed by atoms with E-state index < -0.39 is 0 Å². The van der Waals surface area contributed by atoms with Crippen molar-refractivity contribution in [2.24, 2.45) is 0 Å². The molecule has 18 heavy (non-hydrogen) atoms. The number of hydrogen-bond donors (Lipinski definition) is 1. The van der Waals surface area contributed by atoms with Gasteiger partial charge in [0.15, 0.2) is 0 Å². The predicted molar refractivity (Wildman–Crippen MR) is 84.2 cm³/mol. The highest BCUT2D eigenvalue weighted by Gasteiger charge is 2.20. The minimum atomic E-state index is 0.428. The highest BCUT2D eigenvalue weighted by molar-refractivity contribution is 9.10. The Morgan fingerprint density at radius 3 is 3.00 bits per heavy atom. The van der Waals surface area contributed by atoms with Crippen LogP contribution in [0.25, 0.3) is 0 Å². The van der Waals surface area contributed by atoms with Crippen LogP contribution in [0.5, 0.6) is 0 Å². The Kier molecular flexibility index (Phi) is 5.93. The molecule has 0 saturated heterocycles. The number of thiophene rings is 1. The molecule has 0 aliphatic heterocycles. The Balaban J connectivity index is 2.18. The van der Waals surface area contributed by atoms with Crippen molar-refractivity contribution in [2.75, 3.05) is 6.54 Å². The van der Waals surface area contributed by atoms with Gasteiger partial charge in [0.25, 0.3) is 0 Å². The van der Waals surface area contributed by atoms with Crippen molar-refractivity contribution >= 4 is 27.3 Å². The molecule has 0 amide bonds. The van der Waals surface area contributed by atoms with Gasteiger partial charge in [0.1, 0.15) is 0 Å². The van der Waals surface area contributed by atoms with E-state index in [0.717, 1.165) is 6.54 Å². The lowest BCUT2D eigenvalue weighted by Crippen LogP contribution is -2.23. The molecule has 0 aromatic carbocycles. The summed E-state index contributed by atoms with van der Waals surface area (Å²) in [4.78, 5) is 1.44. The van der Waals surface area contributed by atoms with Crippen molar-refractivity contribution < 1.29 is 0 Å². The van der Waals surface area contributed by atoms with Crippen LogP contribution in [0.1, 0.15) is 56.4 Å². The zero-order valence-corrected chi connectivity index (χ0v) is 13.4. The van der Waals surface area contributed by atoms with Gasteiger partial charge in [0.05, 0.1) is 6.04 Å². The van der Waals surface area contributed by atoms with E-state index in [-0.39, 0.29) is 0 Å². The average Bonchev–Trinajstić information content (AvgIpc) is 2.65. The van der Waals surface area contributed by atoms with Gasteiger partial charge < -0.3 is 5.32 Å². The van der Waals surface area contributed by atoms with Crippen LogP contribution in [-0.4, -0.2) is 6.54 Å². The first kappa shape index (κ1) is 14.3. The van der Waals surface area contributed by atoms with Crippen molar-refractivity contribution in [3.8, 4) is 0 Å². The normalized spacial score (nSPS) is 18.2. The van der Waals surface area contributed by atoms with Crippen molar-refractivity contribution in [3.63, 3.8) is 0 Å². The molecule has 100 valence electrons. The molecule has 0 fully saturated rings. The molecular formula is C15H22BrNS. The third kappa shape index (κ3) is 3.69. The van der Waals surface area contributed by atoms with Crippen LogP contribution in [0.15, 0.2) is 27.6 Å². The molecule has 0 bridgehead atoms. The van der Waals surface area contributed by atoms with E-state index in [2.05, 4.69) is 45.7 Å². The Labute approximate surface area is 123 Å². The maximum absolute atomic E-state index is 3.72. The Morgan fingerprint density at radius 1 is 1.39 bits per heavy atom. The van der Waals surface area contributed by atoms with E-state index in [1.54, 1.807) is 5.57 Å². The lowest BCUT2D eigenvalue weighted by molar-refractivity contribution is 0.572. The Morgan fingerprint density at radius 2 is 2.28 bits per heavy atom. The number of nitrogens with one attached hydrogen (secondary N) is 1. The molecule has 1 unspecified atom stereocenters. The third-order valence-corrected chi connectivity index (χ3v) is 5.39. The summed E-state index contributed by atoms with van der Waals surface area (Å²) >= 11 is 5.55. The molecule has 1 aliphatic carbocycles. The number of rotatable bonds is 5. The van der Waals surface area contributed by atoms with Crippen molar-refractivity contribution in [1.82, 2.24) is 5.32 Å². The monoisotopic (exact) mass is 327 g/mol. The third-order valence-electron chi connectivity index (χ3n) is 3.45. The van der Waals surface area contributed by atoms with Gasteiger partial charge >= 0.3 is 0 Å². The molecule has 1 heterocycles. The maximum atomic E-state index is 3.72. The van der Waals surface area contributed by atoms with Crippen LogP contribution < -0.4 is 5.32 Å². The summed E-state index contributed by atoms with van der Waals surface area (Å²) < 4.78 is 1.26. The van der Waals surface area contributed by atoms with E-state index >= 15 is 0 Å². The van der Waals surface area contributed by atoms with Gasteiger partial charge in [-0.15, -0.1) is 11.3 Å². The minimum absolute atomic E-state index is 0.428. The molecule has 1 atom stereocenters. The average molecular weight is 328 g/mol. The van der Waals surface area contributed by atoms with Crippen LogP contribution in [0.3, 0.4) is 0 Å². The molecule has 0 saturated carbocycles. The zero-order chi connectivity index (χ0) is 12.8. The van der Waals surface area contributed by atoms with E-state index in [9.17, 15) is 0 Å². The van der Waals surface area contributed by atoms with E-state index in [1.165, 1.54) is 47.9 Å². The smallest absolute Gasteiger partial charge is 0.0641 e. The summed E-state index contributed by atoms with van der Waals surface area (Å²) in [7, 11) is 0. The fraction of sp³-hybridized carbons (Fsp3) is 0.600. The molecule has 2 rings (SSSR count). The molecule has 1 aromatic heterocycles. The topological polar surface area (TPSA) is 12.0 Å². The molecule has 1 aliphatic rings.